The Bertz CT molecular complexity index is 1540. The second kappa shape index (κ2) is 8.33. The second-order valence-corrected chi connectivity index (χ2v) is 12.2. The van der Waals surface area contributed by atoms with Crippen LogP contribution in [-0.2, 0) is 27.0 Å². The quantitative estimate of drug-likeness (QED) is 0.420. The Morgan fingerprint density at radius 1 is 1.05 bits per heavy atom. The van der Waals surface area contributed by atoms with Gasteiger partial charge in [0.05, 0.1) is 5.54 Å². The minimum absolute atomic E-state index is 0.143. The van der Waals surface area contributed by atoms with E-state index in [2.05, 4.69) is 42.2 Å². The van der Waals surface area contributed by atoms with Crippen LogP contribution in [0, 0.1) is 0 Å². The Labute approximate surface area is 229 Å². The number of para-hydroxylation sites is 2. The Kier molecular flexibility index (Phi) is 5.43. The number of aromatic amines is 1. The van der Waals surface area contributed by atoms with Gasteiger partial charge in [0.15, 0.2) is 0 Å². The van der Waals surface area contributed by atoms with Crippen molar-refractivity contribution in [2.24, 2.45) is 0 Å². The maximum atomic E-state index is 14.4. The number of rotatable bonds is 6. The van der Waals surface area contributed by atoms with Crippen molar-refractivity contribution in [3.8, 4) is 0 Å². The fourth-order valence-electron chi connectivity index (χ4n) is 6.80. The van der Waals surface area contributed by atoms with Gasteiger partial charge in [0.25, 0.3) is 0 Å². The lowest BCUT2D eigenvalue weighted by Crippen LogP contribution is -2.67. The Hall–Kier alpha value is -3.84. The highest BCUT2D eigenvalue weighted by molar-refractivity contribution is 5.99. The molecule has 0 bridgehead atoms. The van der Waals surface area contributed by atoms with Crippen LogP contribution in [0.2, 0.25) is 0 Å². The van der Waals surface area contributed by atoms with Gasteiger partial charge in [-0.25, -0.2) is 0 Å². The van der Waals surface area contributed by atoms with Gasteiger partial charge in [-0.2, -0.15) is 0 Å². The third kappa shape index (κ3) is 3.45. The normalized spacial score (nSPS) is 26.3. The van der Waals surface area contributed by atoms with E-state index in [0.717, 1.165) is 33.4 Å². The molecular formula is C32H36N4O3. The van der Waals surface area contributed by atoms with Crippen molar-refractivity contribution >= 4 is 28.4 Å². The Balaban J connectivity index is 1.44. The predicted molar refractivity (Wildman–Crippen MR) is 153 cm³/mol. The molecule has 2 aromatic carbocycles. The van der Waals surface area contributed by atoms with Crippen molar-refractivity contribution in [3.05, 3.63) is 90.7 Å². The first-order valence-corrected chi connectivity index (χ1v) is 13.6. The highest BCUT2D eigenvalue weighted by Gasteiger charge is 2.66. The summed E-state index contributed by atoms with van der Waals surface area (Å²) in [6.45, 7) is 16.3. The molecule has 3 aliphatic rings. The number of allylic oxidation sites excluding steroid dienone is 1. The molecule has 2 saturated heterocycles. The van der Waals surface area contributed by atoms with Crippen molar-refractivity contribution in [1.82, 2.24) is 15.2 Å². The molecule has 0 radical (unpaired) electrons. The first-order valence-electron chi connectivity index (χ1n) is 13.6. The van der Waals surface area contributed by atoms with E-state index in [4.69, 9.17) is 0 Å². The van der Waals surface area contributed by atoms with Crippen molar-refractivity contribution < 1.29 is 14.7 Å². The number of aromatic nitrogens is 1. The number of fused-ring (bicyclic) bond motifs is 6. The summed E-state index contributed by atoms with van der Waals surface area (Å²) in [5, 5.41) is 16.2. The zero-order chi connectivity index (χ0) is 27.9. The number of carbonyl (C=O) groups excluding carboxylic acids is 2. The van der Waals surface area contributed by atoms with E-state index < -0.39 is 29.4 Å². The van der Waals surface area contributed by atoms with E-state index in [1.165, 1.54) is 0 Å². The average molecular weight is 525 g/mol. The molecule has 4 heterocycles. The van der Waals surface area contributed by atoms with Gasteiger partial charge in [0, 0.05) is 46.1 Å². The summed E-state index contributed by atoms with van der Waals surface area (Å²) in [5.74, 6) is -0.425. The molecule has 2 fully saturated rings. The van der Waals surface area contributed by atoms with E-state index in [1.54, 1.807) is 4.90 Å². The number of carbonyl (C=O) groups is 2. The minimum Gasteiger partial charge on any atom is -0.381 e. The van der Waals surface area contributed by atoms with E-state index in [1.807, 2.05) is 74.5 Å². The smallest absolute Gasteiger partial charge is 0.247 e. The lowest BCUT2D eigenvalue weighted by molar-refractivity contribution is -0.150. The summed E-state index contributed by atoms with van der Waals surface area (Å²) in [4.78, 5) is 35.2. The predicted octanol–water partition coefficient (Wildman–Crippen LogP) is 4.27. The molecule has 7 heteroatoms. The van der Waals surface area contributed by atoms with Crippen molar-refractivity contribution in [2.45, 2.75) is 75.3 Å². The standard InChI is InChI=1S/C32H36N4O3/c1-7-30(3,4)26-20(19-13-9-11-15-22(19)33-26)17-23-28(38)35-25(27(37)34-23)18-32(39)21-14-10-12-16-24(21)36(29(32)35)31(5,6)8-2/h7-16,23,25,29,33,39H,1-2,17-18H2,3-6H3,(H,34,37)/t23-,25+,29+,32-/m0/s1. The van der Waals surface area contributed by atoms with Crippen LogP contribution < -0.4 is 10.2 Å². The van der Waals surface area contributed by atoms with Gasteiger partial charge in [-0.15, -0.1) is 13.2 Å². The Morgan fingerprint density at radius 2 is 1.74 bits per heavy atom. The molecule has 202 valence electrons. The number of hydrogen-bond donors (Lipinski definition) is 3. The van der Waals surface area contributed by atoms with E-state index in [9.17, 15) is 14.7 Å². The zero-order valence-corrected chi connectivity index (χ0v) is 23.0. The van der Waals surface area contributed by atoms with Gasteiger partial charge in [-0.3, -0.25) is 9.59 Å². The topological polar surface area (TPSA) is 88.7 Å². The molecule has 4 atom stereocenters. The average Bonchev–Trinajstić information content (AvgIpc) is 3.52. The van der Waals surface area contributed by atoms with Crippen molar-refractivity contribution in [2.75, 3.05) is 4.90 Å². The number of H-pyrrole nitrogens is 1. The summed E-state index contributed by atoms with van der Waals surface area (Å²) in [6.07, 6.45) is 3.47. The molecule has 2 amide bonds. The second-order valence-electron chi connectivity index (χ2n) is 12.2. The molecule has 6 rings (SSSR count). The van der Waals surface area contributed by atoms with Gasteiger partial charge in [-0.05, 0) is 31.5 Å². The van der Waals surface area contributed by atoms with Crippen LogP contribution in [0.5, 0.6) is 0 Å². The SMILES string of the molecule is C=CC(C)(C)c1[nH]c2ccccc2c1C[C@@H]1NC(=O)[C@H]2C[C@]3(O)c4ccccc4N(C(C)(C)C=C)[C@H]3N2C1=O. The molecule has 39 heavy (non-hydrogen) atoms. The molecule has 0 spiro atoms. The van der Waals surface area contributed by atoms with E-state index in [0.29, 0.717) is 6.42 Å². The van der Waals surface area contributed by atoms with Gasteiger partial charge in [0.1, 0.15) is 23.9 Å². The summed E-state index contributed by atoms with van der Waals surface area (Å²) in [5.41, 5.74) is 2.21. The molecule has 3 aliphatic heterocycles. The number of amides is 2. The summed E-state index contributed by atoms with van der Waals surface area (Å²) in [7, 11) is 0. The van der Waals surface area contributed by atoms with Crippen molar-refractivity contribution in [1.29, 1.82) is 0 Å². The van der Waals surface area contributed by atoms with Gasteiger partial charge < -0.3 is 25.2 Å². The molecule has 0 aliphatic carbocycles. The third-order valence-electron chi connectivity index (χ3n) is 9.07. The first kappa shape index (κ1) is 25.4. The van der Waals surface area contributed by atoms with Gasteiger partial charge in [-0.1, -0.05) is 62.4 Å². The number of anilines is 1. The molecular weight excluding hydrogens is 488 g/mol. The van der Waals surface area contributed by atoms with Crippen LogP contribution in [0.3, 0.4) is 0 Å². The molecule has 7 nitrogen and oxygen atoms in total. The first-order chi connectivity index (χ1) is 18.4. The number of benzene rings is 2. The van der Waals surface area contributed by atoms with Crippen LogP contribution in [0.25, 0.3) is 10.9 Å². The fraction of sp³-hybridized carbons (Fsp3) is 0.375. The minimum atomic E-state index is -1.37. The summed E-state index contributed by atoms with van der Waals surface area (Å²) >= 11 is 0. The van der Waals surface area contributed by atoms with E-state index in [-0.39, 0.29) is 23.7 Å². The highest BCUT2D eigenvalue weighted by Crippen LogP contribution is 2.55. The third-order valence-corrected chi connectivity index (χ3v) is 9.07. The lowest BCUT2D eigenvalue weighted by Gasteiger charge is -2.47. The molecule has 1 aromatic heterocycles. The number of nitrogens with one attached hydrogen (secondary N) is 2. The van der Waals surface area contributed by atoms with E-state index >= 15 is 0 Å². The van der Waals surface area contributed by atoms with Gasteiger partial charge in [0.2, 0.25) is 11.8 Å². The molecule has 0 unspecified atom stereocenters. The summed E-state index contributed by atoms with van der Waals surface area (Å²) in [6, 6.07) is 14.2. The van der Waals surface area contributed by atoms with Crippen LogP contribution in [0.4, 0.5) is 5.69 Å². The maximum absolute atomic E-state index is 14.4. The van der Waals surface area contributed by atoms with Crippen LogP contribution in [0.15, 0.2) is 73.8 Å². The van der Waals surface area contributed by atoms with Crippen LogP contribution >= 0.6 is 0 Å². The van der Waals surface area contributed by atoms with Crippen molar-refractivity contribution in [3.63, 3.8) is 0 Å². The molecule has 3 N–H and O–H groups in total. The Morgan fingerprint density at radius 3 is 2.46 bits per heavy atom. The largest absolute Gasteiger partial charge is 0.381 e. The summed E-state index contributed by atoms with van der Waals surface area (Å²) < 4.78 is 0. The van der Waals surface area contributed by atoms with Crippen LogP contribution in [-0.4, -0.2) is 50.6 Å². The molecule has 0 saturated carbocycles. The zero-order valence-electron chi connectivity index (χ0n) is 23.0. The molecule has 3 aromatic rings. The maximum Gasteiger partial charge on any atom is 0.247 e. The van der Waals surface area contributed by atoms with Crippen LogP contribution in [0.1, 0.15) is 50.9 Å². The number of piperazine rings is 1. The lowest BCUT2D eigenvalue weighted by atomic mass is 9.84. The highest BCUT2D eigenvalue weighted by atomic mass is 16.3. The number of aliphatic hydroxyl groups is 1. The fourth-order valence-corrected chi connectivity index (χ4v) is 6.80. The number of hydrogen-bond acceptors (Lipinski definition) is 4. The van der Waals surface area contributed by atoms with Gasteiger partial charge >= 0.3 is 0 Å². The number of nitrogens with zero attached hydrogens (tertiary/aromatic N) is 2. The monoisotopic (exact) mass is 524 g/mol.